The van der Waals surface area contributed by atoms with Gasteiger partial charge in [0.15, 0.2) is 0 Å². The molecule has 0 atom stereocenters. The molecule has 21 heavy (non-hydrogen) atoms. The molecule has 0 unspecified atom stereocenters. The minimum absolute atomic E-state index is 0.0968. The fourth-order valence-corrected chi connectivity index (χ4v) is 3.67. The second kappa shape index (κ2) is 7.09. The summed E-state index contributed by atoms with van der Waals surface area (Å²) in [4.78, 5) is 10.9. The number of carboxylic acid groups (broad SMARTS) is 1. The Balaban J connectivity index is 2.82. The highest BCUT2D eigenvalue weighted by Crippen LogP contribution is 2.26. The van der Waals surface area contributed by atoms with Crippen LogP contribution in [0.5, 0.6) is 0 Å². The smallest absolute Gasteiger partial charge is 0.340 e. The Morgan fingerprint density at radius 3 is 2.38 bits per heavy atom. The fraction of sp³-hybridized carbons (Fsp3) is 0.643. The highest BCUT2D eigenvalue weighted by Gasteiger charge is 2.30. The summed E-state index contributed by atoms with van der Waals surface area (Å²) in [5.74, 6) is -0.525. The van der Waals surface area contributed by atoms with Crippen molar-refractivity contribution >= 4 is 16.0 Å². The molecule has 0 aromatic carbocycles. The van der Waals surface area contributed by atoms with Gasteiger partial charge in [0.1, 0.15) is 22.0 Å². The Bertz CT molecular complexity index is 601. The van der Waals surface area contributed by atoms with Crippen molar-refractivity contribution in [2.45, 2.75) is 51.9 Å². The molecule has 0 aliphatic rings. The molecule has 1 heterocycles. The lowest BCUT2D eigenvalue weighted by molar-refractivity contribution is 0.0691. The third-order valence-corrected chi connectivity index (χ3v) is 4.80. The third kappa shape index (κ3) is 4.57. The standard InChI is InChI=1S/C14H23NO5S/c1-9(2)7-5-6-8-15-21(18,19)13-11(4)20-10(3)12(13)14(16)17/h9,15H,5-8H2,1-4H3,(H,16,17). The molecule has 0 aliphatic heterocycles. The van der Waals surface area contributed by atoms with E-state index in [1.165, 1.54) is 13.8 Å². The number of hydrogen-bond donors (Lipinski definition) is 2. The molecule has 1 aromatic rings. The molecule has 2 N–H and O–H groups in total. The maximum Gasteiger partial charge on any atom is 0.340 e. The Hall–Kier alpha value is -1.34. The van der Waals surface area contributed by atoms with Crippen LogP contribution in [0.15, 0.2) is 9.31 Å². The van der Waals surface area contributed by atoms with E-state index >= 15 is 0 Å². The van der Waals surface area contributed by atoms with E-state index in [1.54, 1.807) is 0 Å². The van der Waals surface area contributed by atoms with E-state index in [-0.39, 0.29) is 28.5 Å². The first-order valence-electron chi connectivity index (χ1n) is 6.99. The third-order valence-electron chi connectivity index (χ3n) is 3.19. The summed E-state index contributed by atoms with van der Waals surface area (Å²) in [6, 6.07) is 0. The van der Waals surface area contributed by atoms with E-state index in [2.05, 4.69) is 18.6 Å². The van der Waals surface area contributed by atoms with Crippen LogP contribution in [0.2, 0.25) is 0 Å². The Kier molecular flexibility index (Phi) is 5.98. The number of furan rings is 1. The van der Waals surface area contributed by atoms with Crippen LogP contribution in [-0.4, -0.2) is 26.0 Å². The SMILES string of the molecule is Cc1oc(C)c(S(=O)(=O)NCCCCC(C)C)c1C(=O)O. The van der Waals surface area contributed by atoms with Crippen LogP contribution < -0.4 is 4.72 Å². The number of carbonyl (C=O) groups is 1. The predicted molar refractivity (Wildman–Crippen MR) is 79.0 cm³/mol. The van der Waals surface area contributed by atoms with E-state index in [0.717, 1.165) is 19.3 Å². The number of nitrogens with one attached hydrogen (secondary N) is 1. The van der Waals surface area contributed by atoms with E-state index in [4.69, 9.17) is 9.52 Å². The van der Waals surface area contributed by atoms with Crippen molar-refractivity contribution in [1.29, 1.82) is 0 Å². The Morgan fingerprint density at radius 2 is 1.86 bits per heavy atom. The van der Waals surface area contributed by atoms with Crippen molar-refractivity contribution in [3.8, 4) is 0 Å². The van der Waals surface area contributed by atoms with Crippen molar-refractivity contribution < 1.29 is 22.7 Å². The molecule has 1 aromatic heterocycles. The summed E-state index contributed by atoms with van der Waals surface area (Å²) in [5, 5.41) is 9.14. The Labute approximate surface area is 125 Å². The highest BCUT2D eigenvalue weighted by atomic mass is 32.2. The van der Waals surface area contributed by atoms with Gasteiger partial charge in [0.05, 0.1) is 0 Å². The quantitative estimate of drug-likeness (QED) is 0.719. The van der Waals surface area contributed by atoms with Crippen LogP contribution in [0.4, 0.5) is 0 Å². The number of hydrogen-bond acceptors (Lipinski definition) is 4. The predicted octanol–water partition coefficient (Wildman–Crippen LogP) is 2.70. The van der Waals surface area contributed by atoms with Crippen molar-refractivity contribution in [3.63, 3.8) is 0 Å². The van der Waals surface area contributed by atoms with E-state index in [9.17, 15) is 13.2 Å². The van der Waals surface area contributed by atoms with Gasteiger partial charge in [0.2, 0.25) is 10.0 Å². The summed E-state index contributed by atoms with van der Waals surface area (Å²) in [7, 11) is -3.87. The Morgan fingerprint density at radius 1 is 1.24 bits per heavy atom. The van der Waals surface area contributed by atoms with E-state index in [0.29, 0.717) is 5.92 Å². The molecule has 120 valence electrons. The average Bonchev–Trinajstić information content (AvgIpc) is 2.63. The lowest BCUT2D eigenvalue weighted by atomic mass is 10.1. The zero-order valence-electron chi connectivity index (χ0n) is 12.9. The molecule has 0 aliphatic carbocycles. The van der Waals surface area contributed by atoms with Crippen LogP contribution in [0.1, 0.15) is 55.0 Å². The van der Waals surface area contributed by atoms with Gasteiger partial charge < -0.3 is 9.52 Å². The van der Waals surface area contributed by atoms with Crippen LogP contribution in [0.3, 0.4) is 0 Å². The van der Waals surface area contributed by atoms with Gasteiger partial charge >= 0.3 is 5.97 Å². The van der Waals surface area contributed by atoms with E-state index < -0.39 is 16.0 Å². The van der Waals surface area contributed by atoms with Gasteiger partial charge in [-0.2, -0.15) is 0 Å². The van der Waals surface area contributed by atoms with Crippen molar-refractivity contribution in [1.82, 2.24) is 4.72 Å². The van der Waals surface area contributed by atoms with Crippen molar-refractivity contribution in [2.24, 2.45) is 5.92 Å². The molecule has 0 saturated carbocycles. The largest absolute Gasteiger partial charge is 0.478 e. The maximum absolute atomic E-state index is 12.3. The number of sulfonamides is 1. The lowest BCUT2D eigenvalue weighted by Crippen LogP contribution is -2.26. The molecule has 1 rings (SSSR count). The van der Waals surface area contributed by atoms with Crippen molar-refractivity contribution in [3.05, 3.63) is 17.1 Å². The summed E-state index contributed by atoms with van der Waals surface area (Å²) in [6.45, 7) is 7.41. The van der Waals surface area contributed by atoms with Crippen LogP contribution in [0.25, 0.3) is 0 Å². The van der Waals surface area contributed by atoms with E-state index in [1.807, 2.05) is 0 Å². The highest BCUT2D eigenvalue weighted by molar-refractivity contribution is 7.89. The summed E-state index contributed by atoms with van der Waals surface area (Å²) < 4.78 is 32.1. The summed E-state index contributed by atoms with van der Waals surface area (Å²) in [6.07, 6.45) is 2.68. The molecule has 0 amide bonds. The normalized spacial score (nSPS) is 12.0. The molecule has 6 nitrogen and oxygen atoms in total. The monoisotopic (exact) mass is 317 g/mol. The van der Waals surface area contributed by atoms with Crippen molar-refractivity contribution in [2.75, 3.05) is 6.54 Å². The van der Waals surface area contributed by atoms with Gasteiger partial charge in [-0.15, -0.1) is 0 Å². The molecular formula is C14H23NO5S. The average molecular weight is 317 g/mol. The molecule has 0 radical (unpaired) electrons. The summed E-state index contributed by atoms with van der Waals surface area (Å²) in [5.41, 5.74) is -0.290. The van der Waals surface area contributed by atoms with Gasteiger partial charge in [-0.1, -0.05) is 26.7 Å². The second-order valence-electron chi connectivity index (χ2n) is 5.51. The van der Waals surface area contributed by atoms with Gasteiger partial charge in [-0.25, -0.2) is 17.9 Å². The molecule has 0 saturated heterocycles. The first-order valence-corrected chi connectivity index (χ1v) is 8.48. The lowest BCUT2D eigenvalue weighted by Gasteiger charge is -2.08. The molecule has 0 fully saturated rings. The zero-order chi connectivity index (χ0) is 16.2. The minimum atomic E-state index is -3.87. The summed E-state index contributed by atoms with van der Waals surface area (Å²) >= 11 is 0. The first kappa shape index (κ1) is 17.7. The number of aromatic carboxylic acids is 1. The van der Waals surface area contributed by atoms with Crippen LogP contribution >= 0.6 is 0 Å². The number of unbranched alkanes of at least 4 members (excludes halogenated alkanes) is 1. The van der Waals surface area contributed by atoms with Gasteiger partial charge in [0, 0.05) is 6.54 Å². The topological polar surface area (TPSA) is 96.6 Å². The number of aryl methyl sites for hydroxylation is 2. The van der Waals surface area contributed by atoms with Crippen LogP contribution in [-0.2, 0) is 10.0 Å². The molecule has 0 spiro atoms. The minimum Gasteiger partial charge on any atom is -0.478 e. The van der Waals surface area contributed by atoms with Gasteiger partial charge in [-0.05, 0) is 26.2 Å². The fourth-order valence-electron chi connectivity index (χ4n) is 2.19. The molecular weight excluding hydrogens is 294 g/mol. The van der Waals surface area contributed by atoms with Crippen LogP contribution in [0, 0.1) is 19.8 Å². The second-order valence-corrected chi connectivity index (χ2v) is 7.21. The number of rotatable bonds is 8. The van der Waals surface area contributed by atoms with Gasteiger partial charge in [-0.3, -0.25) is 0 Å². The van der Waals surface area contributed by atoms with Gasteiger partial charge in [0.25, 0.3) is 0 Å². The maximum atomic E-state index is 12.3. The first-order chi connectivity index (χ1) is 9.66. The molecule has 7 heteroatoms. The number of carboxylic acids is 1. The zero-order valence-corrected chi connectivity index (χ0v) is 13.7. The molecule has 0 bridgehead atoms.